The van der Waals surface area contributed by atoms with E-state index in [2.05, 4.69) is 15.4 Å². The second-order valence-electron chi connectivity index (χ2n) is 7.48. The molecule has 0 saturated heterocycles. The van der Waals surface area contributed by atoms with Gasteiger partial charge in [-0.1, -0.05) is 17.7 Å². The summed E-state index contributed by atoms with van der Waals surface area (Å²) in [6, 6.07) is 7.73. The Kier molecular flexibility index (Phi) is 7.96. The van der Waals surface area contributed by atoms with E-state index >= 15 is 0 Å². The number of aryl methyl sites for hydroxylation is 1. The molecule has 1 N–H and O–H groups in total. The molecule has 32 heavy (non-hydrogen) atoms. The van der Waals surface area contributed by atoms with Crippen molar-refractivity contribution in [1.29, 1.82) is 0 Å². The van der Waals surface area contributed by atoms with E-state index < -0.39 is 5.83 Å². The first-order chi connectivity index (χ1) is 15.4. The number of carbonyl (C=O) groups excluding carboxylic acids is 2. The van der Waals surface area contributed by atoms with Gasteiger partial charge in [0, 0.05) is 32.4 Å². The summed E-state index contributed by atoms with van der Waals surface area (Å²) in [5, 5.41) is 6.85. The molecule has 2 amide bonds. The summed E-state index contributed by atoms with van der Waals surface area (Å²) in [4.78, 5) is 31.6. The van der Waals surface area contributed by atoms with E-state index in [0.717, 1.165) is 17.5 Å². The molecule has 0 unspecified atom stereocenters. The maximum Gasteiger partial charge on any atom is 0.244 e. The Morgan fingerprint density at radius 2 is 2.06 bits per heavy atom. The van der Waals surface area contributed by atoms with Gasteiger partial charge in [0.1, 0.15) is 25.6 Å². The molecule has 1 aliphatic rings. The van der Waals surface area contributed by atoms with Crippen molar-refractivity contribution in [3.8, 4) is 5.75 Å². The second kappa shape index (κ2) is 11.1. The number of amides is 2. The van der Waals surface area contributed by atoms with E-state index in [9.17, 15) is 14.0 Å². The van der Waals surface area contributed by atoms with Crippen molar-refractivity contribution < 1.29 is 18.7 Å². The molecule has 0 fully saturated rings. The first kappa shape index (κ1) is 23.0. The summed E-state index contributed by atoms with van der Waals surface area (Å²) in [7, 11) is 1.70. The number of hydrogen-bond donors (Lipinski definition) is 1. The molecule has 1 aromatic carbocycles. The summed E-state index contributed by atoms with van der Waals surface area (Å²) in [6.07, 6.45) is 5.73. The Morgan fingerprint density at radius 3 is 2.81 bits per heavy atom. The lowest BCUT2D eigenvalue weighted by molar-refractivity contribution is -0.131. The van der Waals surface area contributed by atoms with Crippen molar-refractivity contribution in [3.05, 3.63) is 54.2 Å². The molecular weight excluding hydrogens is 415 g/mol. The summed E-state index contributed by atoms with van der Waals surface area (Å²) in [6.45, 7) is 3.55. The van der Waals surface area contributed by atoms with E-state index in [-0.39, 0.29) is 24.8 Å². The smallest absolute Gasteiger partial charge is 0.244 e. The normalized spacial score (nSPS) is 13.0. The summed E-state index contributed by atoms with van der Waals surface area (Å²) in [5.41, 5.74) is 1.65. The van der Waals surface area contributed by atoms with Gasteiger partial charge >= 0.3 is 0 Å². The van der Waals surface area contributed by atoms with Gasteiger partial charge in [-0.05, 0) is 19.1 Å². The van der Waals surface area contributed by atoms with Crippen LogP contribution in [-0.2, 0) is 16.1 Å². The van der Waals surface area contributed by atoms with Crippen LogP contribution in [0.4, 0.5) is 10.1 Å². The lowest BCUT2D eigenvalue weighted by Crippen LogP contribution is -2.33. The number of likely N-dealkylation sites (N-methyl/N-ethyl adjacent to an activating group) is 1. The number of aromatic nitrogens is 2. The van der Waals surface area contributed by atoms with Gasteiger partial charge in [0.05, 0.1) is 24.6 Å². The highest BCUT2D eigenvalue weighted by molar-refractivity contribution is 5.90. The fourth-order valence-electron chi connectivity index (χ4n) is 2.92. The first-order valence-electron chi connectivity index (χ1n) is 10.3. The number of carbonyl (C=O) groups is 2. The van der Waals surface area contributed by atoms with Gasteiger partial charge in [-0.2, -0.15) is 5.10 Å². The molecule has 0 spiro atoms. The third-order valence-electron chi connectivity index (χ3n) is 4.77. The van der Waals surface area contributed by atoms with E-state index in [1.54, 1.807) is 23.0 Å². The molecule has 0 saturated carbocycles. The average Bonchev–Trinajstić information content (AvgIpc) is 3.20. The largest absolute Gasteiger partial charge is 0.492 e. The number of allylic oxidation sites excluding steroid dienone is 1. The van der Waals surface area contributed by atoms with Crippen LogP contribution in [0.2, 0.25) is 0 Å². The van der Waals surface area contributed by atoms with E-state index in [0.29, 0.717) is 32.1 Å². The fraction of sp³-hybridized carbons (Fsp3) is 0.364. The molecular formula is C22H27FN6O3. The highest BCUT2D eigenvalue weighted by Crippen LogP contribution is 2.11. The minimum atomic E-state index is -0.436. The Morgan fingerprint density at radius 1 is 1.28 bits per heavy atom. The van der Waals surface area contributed by atoms with Gasteiger partial charge < -0.3 is 19.9 Å². The van der Waals surface area contributed by atoms with Gasteiger partial charge in [-0.25, -0.2) is 4.39 Å². The van der Waals surface area contributed by atoms with Crippen LogP contribution < -0.4 is 10.1 Å². The van der Waals surface area contributed by atoms with E-state index in [1.807, 2.05) is 31.2 Å². The highest BCUT2D eigenvalue weighted by Gasteiger charge is 2.13. The Bertz CT molecular complexity index is 986. The quantitative estimate of drug-likeness (QED) is 0.609. The molecule has 2 heterocycles. The van der Waals surface area contributed by atoms with Crippen LogP contribution in [0.5, 0.6) is 5.75 Å². The van der Waals surface area contributed by atoms with Crippen LogP contribution in [0.1, 0.15) is 12.0 Å². The number of aliphatic imine (C=N–C) groups is 1. The second-order valence-corrected chi connectivity index (χ2v) is 7.48. The molecule has 1 aromatic heterocycles. The van der Waals surface area contributed by atoms with Crippen molar-refractivity contribution in [1.82, 2.24) is 19.6 Å². The molecule has 2 aromatic rings. The number of hydrogen-bond acceptors (Lipinski definition) is 6. The van der Waals surface area contributed by atoms with Crippen LogP contribution in [0.3, 0.4) is 0 Å². The standard InChI is InChI=1S/C22H27FN6O3/c1-17-3-5-20(6-4-17)32-10-9-27(2)22(31)15-29-14-19(12-25-29)26-21(30)7-8-28-13-18(23)11-24-16-28/h3-6,11-14H,7-10,15-16H2,1-2H3,(H,26,30). The number of halogens is 1. The minimum Gasteiger partial charge on any atom is -0.492 e. The van der Waals surface area contributed by atoms with Gasteiger partial charge in [0.15, 0.2) is 5.83 Å². The number of rotatable bonds is 10. The van der Waals surface area contributed by atoms with Crippen molar-refractivity contribution in [2.24, 2.45) is 4.99 Å². The van der Waals surface area contributed by atoms with Crippen molar-refractivity contribution in [3.63, 3.8) is 0 Å². The zero-order chi connectivity index (χ0) is 22.9. The van der Waals surface area contributed by atoms with Crippen LogP contribution >= 0.6 is 0 Å². The summed E-state index contributed by atoms with van der Waals surface area (Å²) >= 11 is 0. The van der Waals surface area contributed by atoms with Crippen molar-refractivity contribution >= 4 is 23.7 Å². The predicted molar refractivity (Wildman–Crippen MR) is 119 cm³/mol. The zero-order valence-corrected chi connectivity index (χ0v) is 18.2. The molecule has 0 aliphatic carbocycles. The molecule has 10 heteroatoms. The lowest BCUT2D eigenvalue weighted by atomic mass is 10.2. The maximum absolute atomic E-state index is 13.1. The Balaban J connectivity index is 1.37. The third-order valence-corrected chi connectivity index (χ3v) is 4.77. The Hall–Kier alpha value is -3.69. The minimum absolute atomic E-state index is 0.0484. The summed E-state index contributed by atoms with van der Waals surface area (Å²) in [5.74, 6) is -0.0325. The number of ether oxygens (including phenoxy) is 1. The van der Waals surface area contributed by atoms with Crippen LogP contribution in [0.25, 0.3) is 0 Å². The van der Waals surface area contributed by atoms with Crippen molar-refractivity contribution in [2.75, 3.05) is 38.7 Å². The molecule has 1 aliphatic heterocycles. The Labute approximate surface area is 186 Å². The van der Waals surface area contributed by atoms with E-state index in [4.69, 9.17) is 4.74 Å². The number of nitrogens with one attached hydrogen (secondary N) is 1. The van der Waals surface area contributed by atoms with Crippen molar-refractivity contribution in [2.45, 2.75) is 19.9 Å². The molecule has 0 radical (unpaired) electrons. The molecule has 0 atom stereocenters. The van der Waals surface area contributed by atoms with Crippen LogP contribution in [0.15, 0.2) is 53.7 Å². The molecule has 3 rings (SSSR count). The van der Waals surface area contributed by atoms with Gasteiger partial charge in [-0.15, -0.1) is 0 Å². The lowest BCUT2D eigenvalue weighted by Gasteiger charge is -2.19. The third kappa shape index (κ3) is 7.22. The van der Waals surface area contributed by atoms with Gasteiger partial charge in [-0.3, -0.25) is 19.3 Å². The highest BCUT2D eigenvalue weighted by atomic mass is 19.1. The number of benzene rings is 1. The topological polar surface area (TPSA) is 92.1 Å². The summed E-state index contributed by atoms with van der Waals surface area (Å²) < 4.78 is 20.3. The molecule has 170 valence electrons. The fourth-order valence-corrected chi connectivity index (χ4v) is 2.92. The SMILES string of the molecule is Cc1ccc(OCCN(C)C(=O)Cn2cc(NC(=O)CCN3C=C(F)C=NC3)cn2)cc1. The molecule has 9 nitrogen and oxygen atoms in total. The number of nitrogens with zero attached hydrogens (tertiary/aromatic N) is 5. The van der Waals surface area contributed by atoms with Gasteiger partial charge in [0.2, 0.25) is 11.8 Å². The van der Waals surface area contributed by atoms with E-state index in [1.165, 1.54) is 17.1 Å². The maximum atomic E-state index is 13.1. The first-order valence-corrected chi connectivity index (χ1v) is 10.3. The van der Waals surface area contributed by atoms with Crippen LogP contribution in [-0.4, -0.2) is 71.0 Å². The molecule has 0 bridgehead atoms. The monoisotopic (exact) mass is 442 g/mol. The van der Waals surface area contributed by atoms with Gasteiger partial charge in [0.25, 0.3) is 0 Å². The van der Waals surface area contributed by atoms with Crippen LogP contribution in [0, 0.1) is 6.92 Å². The number of anilines is 1. The average molecular weight is 442 g/mol. The predicted octanol–water partition coefficient (Wildman–Crippen LogP) is 2.21. The zero-order valence-electron chi connectivity index (χ0n) is 18.2.